The molecule has 0 radical (unpaired) electrons. The van der Waals surface area contributed by atoms with Crippen molar-refractivity contribution in [1.82, 2.24) is 5.32 Å². The first kappa shape index (κ1) is 10.4. The van der Waals surface area contributed by atoms with E-state index < -0.39 is 12.0 Å². The summed E-state index contributed by atoms with van der Waals surface area (Å²) in [5.74, 6) is -0.787. The highest BCUT2D eigenvalue weighted by atomic mass is 16.4. The molecule has 0 aromatic rings. The molecule has 0 saturated carbocycles. The summed E-state index contributed by atoms with van der Waals surface area (Å²) >= 11 is 0. The van der Waals surface area contributed by atoms with Crippen molar-refractivity contribution in [3.63, 3.8) is 0 Å². The van der Waals surface area contributed by atoms with Crippen LogP contribution in [0.4, 0.5) is 0 Å². The number of nitrogens with two attached hydrogens (primary N) is 1. The van der Waals surface area contributed by atoms with Crippen molar-refractivity contribution in [3.8, 4) is 0 Å². The van der Waals surface area contributed by atoms with Gasteiger partial charge in [-0.15, -0.1) is 0 Å². The van der Waals surface area contributed by atoms with Gasteiger partial charge in [-0.25, -0.2) is 0 Å². The monoisotopic (exact) mass is 160 g/mol. The maximum absolute atomic E-state index is 10.4. The first-order valence-electron chi connectivity index (χ1n) is 3.88. The normalized spacial score (nSPS) is 12.9. The lowest BCUT2D eigenvalue weighted by molar-refractivity contribution is -0.139. The van der Waals surface area contributed by atoms with Crippen LogP contribution in [0.25, 0.3) is 0 Å². The highest BCUT2D eigenvalue weighted by Crippen LogP contribution is 1.89. The molecule has 0 rings (SSSR count). The number of carbonyl (C=O) groups is 1. The van der Waals surface area contributed by atoms with Crippen LogP contribution in [-0.2, 0) is 4.79 Å². The van der Waals surface area contributed by atoms with Crippen LogP contribution in [0.15, 0.2) is 0 Å². The molecule has 1 atom stereocenters. The zero-order chi connectivity index (χ0) is 8.69. The zero-order valence-corrected chi connectivity index (χ0v) is 6.84. The molecule has 1 unspecified atom stereocenters. The van der Waals surface area contributed by atoms with Gasteiger partial charge in [0.05, 0.1) is 0 Å². The van der Waals surface area contributed by atoms with Gasteiger partial charge in [-0.2, -0.15) is 0 Å². The number of nitrogens with one attached hydrogen (secondary N) is 1. The van der Waals surface area contributed by atoms with Gasteiger partial charge in [-0.05, 0) is 25.9 Å². The van der Waals surface area contributed by atoms with Crippen LogP contribution in [0.5, 0.6) is 0 Å². The highest BCUT2D eigenvalue weighted by Gasteiger charge is 2.12. The van der Waals surface area contributed by atoms with Gasteiger partial charge in [0.25, 0.3) is 0 Å². The molecule has 0 amide bonds. The molecule has 0 aliphatic rings. The molecule has 66 valence electrons. The van der Waals surface area contributed by atoms with Crippen LogP contribution in [0.1, 0.15) is 19.8 Å². The Balaban J connectivity index is 3.44. The van der Waals surface area contributed by atoms with Gasteiger partial charge in [0.1, 0.15) is 6.04 Å². The quantitative estimate of drug-likeness (QED) is 0.470. The van der Waals surface area contributed by atoms with Gasteiger partial charge in [0.2, 0.25) is 0 Å². The fourth-order valence-corrected chi connectivity index (χ4v) is 0.785. The molecule has 0 aromatic carbocycles. The topological polar surface area (TPSA) is 75.3 Å². The fraction of sp³-hybridized carbons (Fsp3) is 0.857. The maximum atomic E-state index is 10.4. The molecule has 0 aromatic heterocycles. The minimum Gasteiger partial charge on any atom is -0.480 e. The van der Waals surface area contributed by atoms with Crippen molar-refractivity contribution in [3.05, 3.63) is 0 Å². The lowest BCUT2D eigenvalue weighted by Gasteiger charge is -2.10. The molecular weight excluding hydrogens is 144 g/mol. The van der Waals surface area contributed by atoms with Crippen molar-refractivity contribution in [2.45, 2.75) is 25.8 Å². The molecular formula is C7H16N2O2. The van der Waals surface area contributed by atoms with E-state index in [2.05, 4.69) is 5.32 Å². The summed E-state index contributed by atoms with van der Waals surface area (Å²) in [6.45, 7) is 3.12. The van der Waals surface area contributed by atoms with E-state index in [4.69, 9.17) is 10.8 Å². The lowest BCUT2D eigenvalue weighted by atomic mass is 10.2. The largest absolute Gasteiger partial charge is 0.480 e. The van der Waals surface area contributed by atoms with Crippen LogP contribution in [0.2, 0.25) is 0 Å². The third-order valence-electron chi connectivity index (χ3n) is 1.48. The molecule has 0 aliphatic carbocycles. The predicted molar refractivity (Wildman–Crippen MR) is 43.4 cm³/mol. The molecule has 0 bridgehead atoms. The number of hydrogen-bond donors (Lipinski definition) is 3. The van der Waals surface area contributed by atoms with E-state index in [-0.39, 0.29) is 0 Å². The van der Waals surface area contributed by atoms with Crippen LogP contribution < -0.4 is 11.1 Å². The Morgan fingerprint density at radius 3 is 2.73 bits per heavy atom. The summed E-state index contributed by atoms with van der Waals surface area (Å²) in [5, 5.41) is 11.5. The Morgan fingerprint density at radius 1 is 1.73 bits per heavy atom. The molecule has 4 heteroatoms. The number of rotatable bonds is 6. The van der Waals surface area contributed by atoms with Crippen molar-refractivity contribution in [2.24, 2.45) is 5.73 Å². The van der Waals surface area contributed by atoms with Gasteiger partial charge in [0.15, 0.2) is 0 Å². The third kappa shape index (κ3) is 4.75. The van der Waals surface area contributed by atoms with Gasteiger partial charge in [0, 0.05) is 0 Å². The summed E-state index contributed by atoms with van der Waals surface area (Å²) < 4.78 is 0. The summed E-state index contributed by atoms with van der Waals surface area (Å²) in [6.07, 6.45) is 1.43. The number of carboxylic acids is 1. The Hall–Kier alpha value is -0.610. The molecule has 4 N–H and O–H groups in total. The van der Waals surface area contributed by atoms with E-state index in [1.807, 2.05) is 6.92 Å². The molecule has 0 heterocycles. The van der Waals surface area contributed by atoms with Crippen LogP contribution in [0.3, 0.4) is 0 Å². The Bertz CT molecular complexity index is 117. The molecule has 0 saturated heterocycles. The Labute approximate surface area is 66.8 Å². The Morgan fingerprint density at radius 2 is 2.36 bits per heavy atom. The molecule has 11 heavy (non-hydrogen) atoms. The maximum Gasteiger partial charge on any atom is 0.320 e. The van der Waals surface area contributed by atoms with Gasteiger partial charge in [-0.1, -0.05) is 6.92 Å². The van der Waals surface area contributed by atoms with Crippen LogP contribution in [0, 0.1) is 0 Å². The van der Waals surface area contributed by atoms with Gasteiger partial charge >= 0.3 is 5.97 Å². The minimum atomic E-state index is -0.787. The van der Waals surface area contributed by atoms with Gasteiger partial charge < -0.3 is 16.2 Å². The Kier molecular flexibility index (Phi) is 5.78. The first-order chi connectivity index (χ1) is 5.22. The predicted octanol–water partition coefficient (Wildman–Crippen LogP) is -0.212. The van der Waals surface area contributed by atoms with Crippen molar-refractivity contribution >= 4 is 5.97 Å². The average Bonchev–Trinajstić information content (AvgIpc) is 1.97. The zero-order valence-electron chi connectivity index (χ0n) is 6.84. The van der Waals surface area contributed by atoms with Gasteiger partial charge in [-0.3, -0.25) is 4.79 Å². The number of hydrogen-bond acceptors (Lipinski definition) is 3. The molecule has 0 aliphatic heterocycles. The average molecular weight is 160 g/mol. The van der Waals surface area contributed by atoms with E-state index in [1.165, 1.54) is 0 Å². The second-order valence-electron chi connectivity index (χ2n) is 2.40. The third-order valence-corrected chi connectivity index (χ3v) is 1.48. The smallest absolute Gasteiger partial charge is 0.320 e. The SMILES string of the molecule is CCC(NCCCN)C(=O)O. The van der Waals surface area contributed by atoms with E-state index in [0.29, 0.717) is 19.5 Å². The van der Waals surface area contributed by atoms with Crippen molar-refractivity contribution in [2.75, 3.05) is 13.1 Å². The van der Waals surface area contributed by atoms with Crippen molar-refractivity contribution in [1.29, 1.82) is 0 Å². The number of carboxylic acid groups (broad SMARTS) is 1. The first-order valence-corrected chi connectivity index (χ1v) is 3.88. The summed E-state index contributed by atoms with van der Waals surface area (Å²) in [7, 11) is 0. The molecule has 4 nitrogen and oxygen atoms in total. The van der Waals surface area contributed by atoms with Crippen LogP contribution in [-0.4, -0.2) is 30.2 Å². The van der Waals surface area contributed by atoms with E-state index in [0.717, 1.165) is 6.42 Å². The fourth-order valence-electron chi connectivity index (χ4n) is 0.785. The van der Waals surface area contributed by atoms with E-state index in [1.54, 1.807) is 0 Å². The highest BCUT2D eigenvalue weighted by molar-refractivity contribution is 5.73. The van der Waals surface area contributed by atoms with E-state index >= 15 is 0 Å². The lowest BCUT2D eigenvalue weighted by Crippen LogP contribution is -2.37. The molecule has 0 spiro atoms. The second kappa shape index (κ2) is 6.12. The second-order valence-corrected chi connectivity index (χ2v) is 2.40. The number of aliphatic carboxylic acids is 1. The minimum absolute atomic E-state index is 0.415. The summed E-state index contributed by atoms with van der Waals surface area (Å²) in [5.41, 5.74) is 5.24. The van der Waals surface area contributed by atoms with E-state index in [9.17, 15) is 4.79 Å². The van der Waals surface area contributed by atoms with Crippen LogP contribution >= 0.6 is 0 Å². The molecule has 0 fully saturated rings. The van der Waals surface area contributed by atoms with Crippen molar-refractivity contribution < 1.29 is 9.90 Å². The summed E-state index contributed by atoms with van der Waals surface area (Å²) in [4.78, 5) is 10.4. The standard InChI is InChI=1S/C7H16N2O2/c1-2-6(7(10)11)9-5-3-4-8/h6,9H,2-5,8H2,1H3,(H,10,11). The summed E-state index contributed by atoms with van der Waals surface area (Å²) in [6, 6.07) is -0.415.